The largest absolute Gasteiger partial charge is 0.274 e. The van der Waals surface area contributed by atoms with Crippen molar-refractivity contribution in [3.63, 3.8) is 0 Å². The summed E-state index contributed by atoms with van der Waals surface area (Å²) in [6.07, 6.45) is 0.699. The molecule has 8 heteroatoms. The van der Waals surface area contributed by atoms with Gasteiger partial charge >= 0.3 is 0 Å². The second kappa shape index (κ2) is 8.93. The summed E-state index contributed by atoms with van der Waals surface area (Å²) in [5.74, 6) is 2.21. The van der Waals surface area contributed by atoms with Crippen molar-refractivity contribution in [3.8, 4) is 11.4 Å². The van der Waals surface area contributed by atoms with E-state index in [1.165, 1.54) is 5.56 Å². The number of hydrogen-bond donors (Lipinski definition) is 0. The zero-order valence-electron chi connectivity index (χ0n) is 16.6. The molecule has 31 heavy (non-hydrogen) atoms. The normalized spacial score (nSPS) is 11.0. The Balaban J connectivity index is 1.44. The lowest BCUT2D eigenvalue weighted by atomic mass is 10.1. The van der Waals surface area contributed by atoms with Crippen LogP contribution >= 0.6 is 11.8 Å². The van der Waals surface area contributed by atoms with E-state index in [-0.39, 0.29) is 0 Å². The molecule has 152 valence electrons. The van der Waals surface area contributed by atoms with Gasteiger partial charge in [-0.3, -0.25) is 4.57 Å². The Morgan fingerprint density at radius 2 is 1.29 bits per heavy atom. The van der Waals surface area contributed by atoms with E-state index in [1.54, 1.807) is 16.4 Å². The van der Waals surface area contributed by atoms with Gasteiger partial charge in [-0.1, -0.05) is 78.5 Å². The van der Waals surface area contributed by atoms with Gasteiger partial charge in [0.05, 0.1) is 11.4 Å². The van der Waals surface area contributed by atoms with Crippen LogP contribution in [0.4, 0.5) is 0 Å². The third-order valence-corrected chi connectivity index (χ3v) is 5.71. The van der Waals surface area contributed by atoms with E-state index in [2.05, 4.69) is 54.6 Å². The molecule has 0 saturated carbocycles. The minimum atomic E-state index is 0.568. The lowest BCUT2D eigenvalue weighted by Gasteiger charge is -2.10. The van der Waals surface area contributed by atoms with Crippen LogP contribution in [-0.2, 0) is 12.2 Å². The van der Waals surface area contributed by atoms with E-state index in [9.17, 15) is 0 Å². The molecule has 5 aromatic rings. The van der Waals surface area contributed by atoms with Crippen molar-refractivity contribution in [1.29, 1.82) is 0 Å². The van der Waals surface area contributed by atoms with Crippen molar-refractivity contribution in [3.05, 3.63) is 108 Å². The van der Waals surface area contributed by atoms with E-state index < -0.39 is 0 Å². The molecule has 0 unspecified atom stereocenters. The Labute approximate surface area is 183 Å². The Morgan fingerprint density at radius 3 is 2.00 bits per heavy atom. The highest BCUT2D eigenvalue weighted by atomic mass is 32.2. The first kappa shape index (κ1) is 19.2. The smallest absolute Gasteiger partial charge is 0.196 e. The average molecular weight is 426 g/mol. The Hall–Kier alpha value is -3.78. The van der Waals surface area contributed by atoms with Gasteiger partial charge in [0.1, 0.15) is 5.82 Å². The first-order valence-corrected chi connectivity index (χ1v) is 10.9. The third kappa shape index (κ3) is 4.24. The Bertz CT molecular complexity index is 1250. The lowest BCUT2D eigenvalue weighted by Crippen LogP contribution is -2.05. The predicted octanol–water partition coefficient (Wildman–Crippen LogP) is 4.13. The molecule has 0 aliphatic rings. The van der Waals surface area contributed by atoms with Crippen LogP contribution in [-0.4, -0.2) is 35.0 Å². The fourth-order valence-electron chi connectivity index (χ4n) is 3.32. The van der Waals surface area contributed by atoms with E-state index in [1.807, 2.05) is 66.7 Å². The molecule has 0 spiro atoms. The van der Waals surface area contributed by atoms with Crippen LogP contribution in [0.25, 0.3) is 11.4 Å². The Morgan fingerprint density at radius 1 is 0.645 bits per heavy atom. The average Bonchev–Trinajstić information content (AvgIpc) is 3.46. The summed E-state index contributed by atoms with van der Waals surface area (Å²) in [6, 6.07) is 30.3. The van der Waals surface area contributed by atoms with Crippen LogP contribution in [0.5, 0.6) is 0 Å². The van der Waals surface area contributed by atoms with Crippen molar-refractivity contribution >= 4 is 11.8 Å². The molecule has 0 amide bonds. The number of nitrogens with zero attached hydrogens (tertiary/aromatic N) is 7. The molecule has 0 aliphatic heterocycles. The van der Waals surface area contributed by atoms with Gasteiger partial charge in [-0.15, -0.1) is 15.3 Å². The van der Waals surface area contributed by atoms with E-state index in [4.69, 9.17) is 0 Å². The molecule has 2 heterocycles. The number of para-hydroxylation sites is 2. The molecular formula is C23H19N7S. The van der Waals surface area contributed by atoms with Gasteiger partial charge in [0, 0.05) is 12.1 Å². The SMILES string of the molecule is c1ccc(Cc2nnc(SCc3nnnn3-c3ccccc3)n2-c2ccccc2)cc1. The van der Waals surface area contributed by atoms with Crippen LogP contribution in [0, 0.1) is 0 Å². The van der Waals surface area contributed by atoms with Crippen LogP contribution in [0.15, 0.2) is 96.2 Å². The number of rotatable bonds is 7. The topological polar surface area (TPSA) is 74.3 Å². The maximum atomic E-state index is 4.50. The zero-order valence-corrected chi connectivity index (χ0v) is 17.4. The fourth-order valence-corrected chi connectivity index (χ4v) is 4.19. The summed E-state index contributed by atoms with van der Waals surface area (Å²) < 4.78 is 3.86. The highest BCUT2D eigenvalue weighted by Crippen LogP contribution is 2.26. The number of thioether (sulfide) groups is 1. The monoisotopic (exact) mass is 425 g/mol. The molecule has 7 nitrogen and oxygen atoms in total. The van der Waals surface area contributed by atoms with E-state index in [0.29, 0.717) is 12.2 Å². The number of aromatic nitrogens is 7. The van der Waals surface area contributed by atoms with Crippen LogP contribution in [0.1, 0.15) is 17.2 Å². The van der Waals surface area contributed by atoms with Crippen molar-refractivity contribution in [2.24, 2.45) is 0 Å². The second-order valence-electron chi connectivity index (χ2n) is 6.86. The number of hydrogen-bond acceptors (Lipinski definition) is 6. The molecule has 0 N–H and O–H groups in total. The first-order valence-electron chi connectivity index (χ1n) is 9.87. The molecule has 0 aliphatic carbocycles. The Kier molecular flexibility index (Phi) is 5.53. The second-order valence-corrected chi connectivity index (χ2v) is 7.81. The molecular weight excluding hydrogens is 406 g/mol. The summed E-state index contributed by atoms with van der Waals surface area (Å²) in [5.41, 5.74) is 3.15. The van der Waals surface area contributed by atoms with Gasteiger partial charge < -0.3 is 0 Å². The maximum Gasteiger partial charge on any atom is 0.196 e. The van der Waals surface area contributed by atoms with Crippen LogP contribution < -0.4 is 0 Å². The van der Waals surface area contributed by atoms with Crippen molar-refractivity contribution < 1.29 is 0 Å². The standard InChI is InChI=1S/C23H19N7S/c1-4-10-18(11-5-1)16-21-24-26-23(29(21)19-12-6-2-7-13-19)31-17-22-25-27-28-30(22)20-14-8-3-9-15-20/h1-15H,16-17H2. The molecule has 0 fully saturated rings. The molecule has 5 rings (SSSR count). The highest BCUT2D eigenvalue weighted by Gasteiger charge is 2.17. The third-order valence-electron chi connectivity index (χ3n) is 4.79. The van der Waals surface area contributed by atoms with Gasteiger partial charge in [-0.25, -0.2) is 0 Å². The number of tetrazole rings is 1. The molecule has 3 aromatic carbocycles. The van der Waals surface area contributed by atoms with Gasteiger partial charge in [-0.05, 0) is 40.3 Å². The summed E-state index contributed by atoms with van der Waals surface area (Å²) in [7, 11) is 0. The molecule has 0 saturated heterocycles. The summed E-state index contributed by atoms with van der Waals surface area (Å²) in [4.78, 5) is 0. The highest BCUT2D eigenvalue weighted by molar-refractivity contribution is 7.98. The fraction of sp³-hybridized carbons (Fsp3) is 0.0870. The van der Waals surface area contributed by atoms with Crippen molar-refractivity contribution in [1.82, 2.24) is 35.0 Å². The summed E-state index contributed by atoms with van der Waals surface area (Å²) in [6.45, 7) is 0. The van der Waals surface area contributed by atoms with Crippen molar-refractivity contribution in [2.45, 2.75) is 17.3 Å². The molecule has 0 atom stereocenters. The van der Waals surface area contributed by atoms with Crippen molar-refractivity contribution in [2.75, 3.05) is 0 Å². The predicted molar refractivity (Wildman–Crippen MR) is 119 cm³/mol. The maximum absolute atomic E-state index is 4.50. The zero-order chi connectivity index (χ0) is 20.9. The van der Waals surface area contributed by atoms with Gasteiger partial charge in [0.25, 0.3) is 0 Å². The minimum Gasteiger partial charge on any atom is -0.274 e. The van der Waals surface area contributed by atoms with Gasteiger partial charge in [0.2, 0.25) is 0 Å². The first-order chi connectivity index (χ1) is 15.4. The molecule has 2 aromatic heterocycles. The van der Waals surface area contributed by atoms with E-state index >= 15 is 0 Å². The molecule has 0 radical (unpaired) electrons. The van der Waals surface area contributed by atoms with Gasteiger partial charge in [0.15, 0.2) is 11.0 Å². The van der Waals surface area contributed by atoms with Crippen LogP contribution in [0.3, 0.4) is 0 Å². The molecule has 0 bridgehead atoms. The van der Waals surface area contributed by atoms with E-state index in [0.717, 1.165) is 28.2 Å². The minimum absolute atomic E-state index is 0.568. The summed E-state index contributed by atoms with van der Waals surface area (Å²) in [5, 5.41) is 22.0. The lowest BCUT2D eigenvalue weighted by molar-refractivity contribution is 0.777. The number of benzene rings is 3. The van der Waals surface area contributed by atoms with Crippen LogP contribution in [0.2, 0.25) is 0 Å². The van der Waals surface area contributed by atoms with Gasteiger partial charge in [-0.2, -0.15) is 4.68 Å². The quantitative estimate of drug-likeness (QED) is 0.365. The summed E-state index contributed by atoms with van der Waals surface area (Å²) >= 11 is 1.57.